The number of alkyl halides is 2. The lowest BCUT2D eigenvalue weighted by atomic mass is 10.2. The molecule has 1 amide bonds. The van der Waals surface area contributed by atoms with E-state index in [1.165, 1.54) is 13.2 Å². The van der Waals surface area contributed by atoms with E-state index in [0.29, 0.717) is 13.1 Å². The van der Waals surface area contributed by atoms with E-state index in [4.69, 9.17) is 9.47 Å². The van der Waals surface area contributed by atoms with E-state index in [-0.39, 0.29) is 24.0 Å². The number of rotatable bonds is 10. The summed E-state index contributed by atoms with van der Waals surface area (Å²) in [5.41, 5.74) is 1.78. The van der Waals surface area contributed by atoms with Crippen molar-refractivity contribution in [2.24, 2.45) is 0 Å². The van der Waals surface area contributed by atoms with E-state index in [0.717, 1.165) is 16.9 Å². The van der Waals surface area contributed by atoms with Crippen molar-refractivity contribution < 1.29 is 27.8 Å². The first kappa shape index (κ1) is 21.4. The molecule has 0 bridgehead atoms. The van der Waals surface area contributed by atoms with Crippen LogP contribution in [0.3, 0.4) is 0 Å². The largest absolute Gasteiger partial charge is 0.497 e. The Kier molecular flexibility index (Phi) is 8.01. The smallest absolute Gasteiger partial charge is 0.387 e. The van der Waals surface area contributed by atoms with Gasteiger partial charge in [0.15, 0.2) is 11.5 Å². The minimum Gasteiger partial charge on any atom is -0.497 e. The maximum absolute atomic E-state index is 12.4. The van der Waals surface area contributed by atoms with Crippen molar-refractivity contribution in [2.75, 3.05) is 27.8 Å². The number of methoxy groups -OCH3 is 2. The Morgan fingerprint density at radius 1 is 1.04 bits per heavy atom. The molecule has 0 radical (unpaired) electrons. The quantitative estimate of drug-likeness (QED) is 0.671. The van der Waals surface area contributed by atoms with Gasteiger partial charge in [0.25, 0.3) is 0 Å². The van der Waals surface area contributed by atoms with E-state index in [1.54, 1.807) is 26.3 Å². The number of halogens is 2. The van der Waals surface area contributed by atoms with Crippen LogP contribution < -0.4 is 19.5 Å². The number of carbonyl (C=O) groups excluding carboxylic acids is 1. The number of hydrogen-bond acceptors (Lipinski definition) is 5. The summed E-state index contributed by atoms with van der Waals surface area (Å²) in [4.78, 5) is 13.9. The number of hydrogen-bond donors (Lipinski definition) is 1. The zero-order chi connectivity index (χ0) is 20.5. The summed E-state index contributed by atoms with van der Waals surface area (Å²) < 4.78 is 39.4. The van der Waals surface area contributed by atoms with Crippen LogP contribution in [0.4, 0.5) is 8.78 Å². The molecule has 0 spiro atoms. The zero-order valence-corrected chi connectivity index (χ0v) is 16.1. The third-order valence-corrected chi connectivity index (χ3v) is 3.96. The first-order chi connectivity index (χ1) is 13.4. The highest BCUT2D eigenvalue weighted by molar-refractivity contribution is 5.77. The Labute approximate surface area is 163 Å². The predicted octanol–water partition coefficient (Wildman–Crippen LogP) is 3.05. The van der Waals surface area contributed by atoms with E-state index in [2.05, 4.69) is 10.1 Å². The molecule has 2 aromatic carbocycles. The molecule has 6 nitrogen and oxygen atoms in total. The average Bonchev–Trinajstić information content (AvgIpc) is 2.67. The summed E-state index contributed by atoms with van der Waals surface area (Å²) in [6.07, 6.45) is 0. The van der Waals surface area contributed by atoms with Crippen LogP contribution in [-0.2, 0) is 17.9 Å². The van der Waals surface area contributed by atoms with Crippen LogP contribution in [0.1, 0.15) is 11.1 Å². The van der Waals surface area contributed by atoms with Gasteiger partial charge in [-0.05, 0) is 42.4 Å². The van der Waals surface area contributed by atoms with Crippen molar-refractivity contribution in [2.45, 2.75) is 19.7 Å². The average molecular weight is 394 g/mol. The molecule has 0 aliphatic rings. The van der Waals surface area contributed by atoms with Gasteiger partial charge in [0, 0.05) is 13.1 Å². The summed E-state index contributed by atoms with van der Waals surface area (Å²) in [5, 5.41) is 2.86. The molecule has 0 fully saturated rings. The van der Waals surface area contributed by atoms with Crippen molar-refractivity contribution in [3.05, 3.63) is 53.6 Å². The second-order valence-electron chi connectivity index (χ2n) is 6.16. The van der Waals surface area contributed by atoms with Gasteiger partial charge in [0.1, 0.15) is 5.75 Å². The van der Waals surface area contributed by atoms with Gasteiger partial charge in [-0.15, -0.1) is 0 Å². The van der Waals surface area contributed by atoms with Crippen LogP contribution in [0.5, 0.6) is 17.2 Å². The van der Waals surface area contributed by atoms with Gasteiger partial charge >= 0.3 is 6.61 Å². The van der Waals surface area contributed by atoms with Crippen molar-refractivity contribution in [1.29, 1.82) is 0 Å². The molecule has 0 atom stereocenters. The molecule has 0 aliphatic heterocycles. The van der Waals surface area contributed by atoms with Crippen LogP contribution in [0.15, 0.2) is 42.5 Å². The molecular formula is C20H24F2N2O4. The fourth-order valence-corrected chi connectivity index (χ4v) is 2.62. The van der Waals surface area contributed by atoms with Gasteiger partial charge in [-0.1, -0.05) is 18.2 Å². The molecule has 8 heteroatoms. The number of ether oxygens (including phenoxy) is 3. The molecule has 0 aliphatic carbocycles. The van der Waals surface area contributed by atoms with Gasteiger partial charge in [-0.25, -0.2) is 0 Å². The second kappa shape index (κ2) is 10.5. The highest BCUT2D eigenvalue weighted by Gasteiger charge is 2.13. The Balaban J connectivity index is 1.84. The zero-order valence-electron chi connectivity index (χ0n) is 16.1. The molecule has 2 rings (SSSR count). The van der Waals surface area contributed by atoms with Crippen LogP contribution >= 0.6 is 0 Å². The monoisotopic (exact) mass is 394 g/mol. The summed E-state index contributed by atoms with van der Waals surface area (Å²) in [7, 11) is 4.78. The second-order valence-corrected chi connectivity index (χ2v) is 6.16. The first-order valence-corrected chi connectivity index (χ1v) is 8.61. The molecule has 2 aromatic rings. The van der Waals surface area contributed by atoms with E-state index in [1.807, 2.05) is 29.2 Å². The normalized spacial score (nSPS) is 10.8. The Hall–Kier alpha value is -2.87. The molecule has 0 unspecified atom stereocenters. The fourth-order valence-electron chi connectivity index (χ4n) is 2.62. The third-order valence-electron chi connectivity index (χ3n) is 3.96. The molecule has 152 valence electrons. The fraction of sp³-hybridized carbons (Fsp3) is 0.350. The lowest BCUT2D eigenvalue weighted by Crippen LogP contribution is -2.34. The molecule has 0 aromatic heterocycles. The number of nitrogens with one attached hydrogen (secondary N) is 1. The van der Waals surface area contributed by atoms with E-state index in [9.17, 15) is 13.6 Å². The van der Waals surface area contributed by atoms with Gasteiger partial charge in [-0.2, -0.15) is 8.78 Å². The SMILES string of the molecule is COc1ccc(CNC(=O)CN(C)Cc2ccc(OC(F)F)c(OC)c2)cc1. The molecule has 0 saturated carbocycles. The maximum atomic E-state index is 12.4. The van der Waals surface area contributed by atoms with Gasteiger partial charge in [0.2, 0.25) is 5.91 Å². The van der Waals surface area contributed by atoms with Crippen molar-refractivity contribution in [1.82, 2.24) is 10.2 Å². The highest BCUT2D eigenvalue weighted by Crippen LogP contribution is 2.29. The summed E-state index contributed by atoms with van der Waals surface area (Å²) in [5.74, 6) is 0.828. The first-order valence-electron chi connectivity index (χ1n) is 8.61. The van der Waals surface area contributed by atoms with Gasteiger partial charge in [-0.3, -0.25) is 9.69 Å². The highest BCUT2D eigenvalue weighted by atomic mass is 19.3. The number of likely N-dealkylation sites (N-methyl/N-ethyl adjacent to an activating group) is 1. The summed E-state index contributed by atoms with van der Waals surface area (Å²) >= 11 is 0. The Bertz CT molecular complexity index is 769. The van der Waals surface area contributed by atoms with Gasteiger partial charge in [0.05, 0.1) is 20.8 Å². The molecule has 1 N–H and O–H groups in total. The molecule has 0 saturated heterocycles. The van der Waals surface area contributed by atoms with Crippen molar-refractivity contribution in [3.8, 4) is 17.2 Å². The van der Waals surface area contributed by atoms with Crippen LogP contribution in [0.25, 0.3) is 0 Å². The lowest BCUT2D eigenvalue weighted by Gasteiger charge is -2.18. The summed E-state index contributed by atoms with van der Waals surface area (Å²) in [6, 6.07) is 12.1. The number of benzene rings is 2. The molecule has 28 heavy (non-hydrogen) atoms. The maximum Gasteiger partial charge on any atom is 0.387 e. The van der Waals surface area contributed by atoms with Crippen LogP contribution in [0.2, 0.25) is 0 Å². The predicted molar refractivity (Wildman–Crippen MR) is 101 cm³/mol. The standard InChI is InChI=1S/C20H24F2N2O4/c1-24(12-15-6-9-17(28-20(21)22)18(10-15)27-3)13-19(25)23-11-14-4-7-16(26-2)8-5-14/h4-10,20H,11-13H2,1-3H3,(H,23,25). The van der Waals surface area contributed by atoms with Crippen LogP contribution in [-0.4, -0.2) is 45.2 Å². The van der Waals surface area contributed by atoms with Crippen molar-refractivity contribution in [3.63, 3.8) is 0 Å². The number of nitrogens with zero attached hydrogens (tertiary/aromatic N) is 1. The van der Waals surface area contributed by atoms with Gasteiger partial charge < -0.3 is 19.5 Å². The number of amides is 1. The lowest BCUT2D eigenvalue weighted by molar-refractivity contribution is -0.122. The topological polar surface area (TPSA) is 60.0 Å². The number of carbonyl (C=O) groups is 1. The molecule has 0 heterocycles. The minimum atomic E-state index is -2.92. The third kappa shape index (κ3) is 6.70. The Morgan fingerprint density at radius 2 is 1.71 bits per heavy atom. The summed E-state index contributed by atoms with van der Waals surface area (Å²) in [6.45, 7) is -1.86. The van der Waals surface area contributed by atoms with Crippen molar-refractivity contribution >= 4 is 5.91 Å². The van der Waals surface area contributed by atoms with Crippen LogP contribution in [0, 0.1) is 0 Å². The van der Waals surface area contributed by atoms with E-state index >= 15 is 0 Å². The minimum absolute atomic E-state index is 0.0267. The molecular weight excluding hydrogens is 370 g/mol. The Morgan fingerprint density at radius 3 is 2.32 bits per heavy atom. The van der Waals surface area contributed by atoms with E-state index < -0.39 is 6.61 Å².